The minimum Gasteiger partial charge on any atom is -0.449 e. The molecule has 23 heavy (non-hydrogen) atoms. The van der Waals surface area contributed by atoms with E-state index in [4.69, 9.17) is 4.74 Å². The van der Waals surface area contributed by atoms with Crippen LogP contribution in [0.4, 0.5) is 18.0 Å². The maximum Gasteiger partial charge on any atom is 0.451 e. The first-order valence-corrected chi connectivity index (χ1v) is 7.75. The van der Waals surface area contributed by atoms with Gasteiger partial charge in [0.15, 0.2) is 0 Å². The van der Waals surface area contributed by atoms with E-state index in [9.17, 15) is 18.0 Å². The molecule has 0 N–H and O–H groups in total. The quantitative estimate of drug-likeness (QED) is 0.800. The average molecular weight is 329 g/mol. The van der Waals surface area contributed by atoms with Gasteiger partial charge in [-0.25, -0.2) is 14.8 Å². The molecule has 1 aliphatic carbocycles. The van der Waals surface area contributed by atoms with Crippen molar-refractivity contribution in [2.24, 2.45) is 5.92 Å². The number of hydrogen-bond acceptors (Lipinski definition) is 4. The zero-order valence-corrected chi connectivity index (χ0v) is 12.8. The lowest BCUT2D eigenvalue weighted by atomic mass is 9.98. The number of nitrogens with zero attached hydrogens (tertiary/aromatic N) is 3. The number of halogens is 3. The molecule has 0 aromatic carbocycles. The topological polar surface area (TPSA) is 55.3 Å². The molecule has 5 nitrogen and oxygen atoms in total. The fourth-order valence-corrected chi connectivity index (χ4v) is 3.26. The Bertz CT molecular complexity index is 606. The number of amides is 1. The van der Waals surface area contributed by atoms with Crippen LogP contribution in [0.2, 0.25) is 0 Å². The minimum absolute atomic E-state index is 0.00556. The van der Waals surface area contributed by atoms with E-state index in [1.165, 1.54) is 6.20 Å². The van der Waals surface area contributed by atoms with Gasteiger partial charge in [-0.2, -0.15) is 13.2 Å². The molecule has 0 spiro atoms. The summed E-state index contributed by atoms with van der Waals surface area (Å²) in [6.07, 6.45) is -1.38. The van der Waals surface area contributed by atoms with E-state index in [1.807, 2.05) is 6.92 Å². The number of carbonyl (C=O) groups is 1. The van der Waals surface area contributed by atoms with Crippen LogP contribution in [-0.4, -0.2) is 40.7 Å². The van der Waals surface area contributed by atoms with E-state index in [1.54, 1.807) is 4.90 Å². The zero-order valence-electron chi connectivity index (χ0n) is 12.8. The molecule has 1 fully saturated rings. The van der Waals surface area contributed by atoms with Crippen LogP contribution in [0.5, 0.6) is 0 Å². The van der Waals surface area contributed by atoms with E-state index in [0.29, 0.717) is 31.8 Å². The number of carbonyl (C=O) groups excluding carboxylic acids is 1. The third-order valence-corrected chi connectivity index (χ3v) is 4.43. The Kier molecular flexibility index (Phi) is 4.16. The standard InChI is InChI=1S/C15H18F3N3O2/c1-2-3-4-23-14(22)21-7-9-5-12-10(11(9)8-21)6-19-13(20-12)15(16,17)18/h6,9,11H,2-5,7-8H2,1H3. The maximum atomic E-state index is 12.7. The zero-order chi connectivity index (χ0) is 16.6. The van der Waals surface area contributed by atoms with Crippen LogP contribution in [0, 0.1) is 5.92 Å². The molecule has 2 heterocycles. The van der Waals surface area contributed by atoms with Crippen molar-refractivity contribution in [2.45, 2.75) is 38.3 Å². The fraction of sp³-hybridized carbons (Fsp3) is 0.667. The highest BCUT2D eigenvalue weighted by Crippen LogP contribution is 2.42. The number of hydrogen-bond donors (Lipinski definition) is 0. The summed E-state index contributed by atoms with van der Waals surface area (Å²) in [5.74, 6) is -0.987. The third-order valence-electron chi connectivity index (χ3n) is 4.43. The van der Waals surface area contributed by atoms with Gasteiger partial charge in [-0.1, -0.05) is 13.3 Å². The normalized spacial score (nSPS) is 22.9. The fourth-order valence-electron chi connectivity index (χ4n) is 3.26. The number of rotatable bonds is 3. The molecule has 1 aliphatic heterocycles. The second-order valence-electron chi connectivity index (χ2n) is 6.04. The monoisotopic (exact) mass is 329 g/mol. The van der Waals surface area contributed by atoms with Crippen molar-refractivity contribution in [2.75, 3.05) is 19.7 Å². The first-order chi connectivity index (χ1) is 10.9. The minimum atomic E-state index is -4.53. The lowest BCUT2D eigenvalue weighted by Crippen LogP contribution is -2.30. The smallest absolute Gasteiger partial charge is 0.449 e. The van der Waals surface area contributed by atoms with Crippen molar-refractivity contribution in [1.29, 1.82) is 0 Å². The van der Waals surface area contributed by atoms with Crippen molar-refractivity contribution in [3.05, 3.63) is 23.3 Å². The first-order valence-electron chi connectivity index (χ1n) is 7.75. The Morgan fingerprint density at radius 2 is 2.22 bits per heavy atom. The van der Waals surface area contributed by atoms with Gasteiger partial charge in [0.1, 0.15) is 0 Å². The lowest BCUT2D eigenvalue weighted by molar-refractivity contribution is -0.145. The highest BCUT2D eigenvalue weighted by Gasteiger charge is 2.44. The molecule has 1 amide bonds. The first kappa shape index (κ1) is 16.0. The van der Waals surface area contributed by atoms with E-state index >= 15 is 0 Å². The van der Waals surface area contributed by atoms with E-state index in [2.05, 4.69) is 9.97 Å². The van der Waals surface area contributed by atoms with Crippen molar-refractivity contribution < 1.29 is 22.7 Å². The van der Waals surface area contributed by atoms with Gasteiger partial charge in [0, 0.05) is 30.9 Å². The molecule has 2 unspecified atom stereocenters. The molecule has 8 heteroatoms. The second kappa shape index (κ2) is 5.98. The predicted molar refractivity (Wildman–Crippen MR) is 74.8 cm³/mol. The van der Waals surface area contributed by atoms with Crippen LogP contribution in [0.1, 0.15) is 42.8 Å². The molecule has 1 aromatic heterocycles. The average Bonchev–Trinajstić information content (AvgIpc) is 3.03. The Morgan fingerprint density at radius 3 is 2.91 bits per heavy atom. The Morgan fingerprint density at radius 1 is 1.43 bits per heavy atom. The highest BCUT2D eigenvalue weighted by atomic mass is 19.4. The van der Waals surface area contributed by atoms with Gasteiger partial charge in [0.2, 0.25) is 5.82 Å². The van der Waals surface area contributed by atoms with Crippen LogP contribution in [0.15, 0.2) is 6.20 Å². The molecular weight excluding hydrogens is 311 g/mol. The van der Waals surface area contributed by atoms with E-state index in [-0.39, 0.29) is 17.9 Å². The predicted octanol–water partition coefficient (Wildman–Crippen LogP) is 3.00. The summed E-state index contributed by atoms with van der Waals surface area (Å²) in [5.41, 5.74) is 1.19. The molecule has 0 bridgehead atoms. The maximum absolute atomic E-state index is 12.7. The van der Waals surface area contributed by atoms with Gasteiger partial charge in [-0.3, -0.25) is 0 Å². The molecule has 2 atom stereocenters. The van der Waals surface area contributed by atoms with Gasteiger partial charge in [-0.05, 0) is 24.3 Å². The third kappa shape index (κ3) is 3.11. The number of unbranched alkanes of at least 4 members (excludes halogenated alkanes) is 1. The lowest BCUT2D eigenvalue weighted by Gasteiger charge is -2.17. The number of likely N-dealkylation sites (tertiary alicyclic amines) is 1. The molecule has 0 radical (unpaired) electrons. The highest BCUT2D eigenvalue weighted by molar-refractivity contribution is 5.68. The van der Waals surface area contributed by atoms with Crippen molar-refractivity contribution in [3.8, 4) is 0 Å². The van der Waals surface area contributed by atoms with Gasteiger partial charge < -0.3 is 9.64 Å². The van der Waals surface area contributed by atoms with Crippen LogP contribution >= 0.6 is 0 Å². The molecule has 3 rings (SSSR count). The van der Waals surface area contributed by atoms with Gasteiger partial charge in [0.25, 0.3) is 0 Å². The Balaban J connectivity index is 1.68. The number of fused-ring (bicyclic) bond motifs is 3. The summed E-state index contributed by atoms with van der Waals surface area (Å²) in [6, 6.07) is 0. The summed E-state index contributed by atoms with van der Waals surface area (Å²) in [7, 11) is 0. The molecule has 1 saturated heterocycles. The summed E-state index contributed by atoms with van der Waals surface area (Å²) in [5, 5.41) is 0. The molecule has 0 saturated carbocycles. The number of alkyl halides is 3. The largest absolute Gasteiger partial charge is 0.451 e. The summed E-state index contributed by atoms with van der Waals surface area (Å²) in [4.78, 5) is 20.7. The van der Waals surface area contributed by atoms with Crippen molar-refractivity contribution >= 4 is 6.09 Å². The van der Waals surface area contributed by atoms with Gasteiger partial charge in [-0.15, -0.1) is 0 Å². The van der Waals surface area contributed by atoms with Gasteiger partial charge in [0.05, 0.1) is 6.61 Å². The summed E-state index contributed by atoms with van der Waals surface area (Å²) in [6.45, 7) is 3.36. The van der Waals surface area contributed by atoms with Crippen LogP contribution in [-0.2, 0) is 17.3 Å². The number of ether oxygens (including phenoxy) is 1. The van der Waals surface area contributed by atoms with Crippen LogP contribution in [0.25, 0.3) is 0 Å². The molecular formula is C15H18F3N3O2. The van der Waals surface area contributed by atoms with Crippen LogP contribution < -0.4 is 0 Å². The summed E-state index contributed by atoms with van der Waals surface area (Å²) < 4.78 is 43.2. The van der Waals surface area contributed by atoms with E-state index < -0.39 is 12.0 Å². The van der Waals surface area contributed by atoms with E-state index in [0.717, 1.165) is 18.4 Å². The van der Waals surface area contributed by atoms with Gasteiger partial charge >= 0.3 is 12.3 Å². The molecule has 1 aromatic rings. The van der Waals surface area contributed by atoms with Crippen molar-refractivity contribution in [1.82, 2.24) is 14.9 Å². The Hall–Kier alpha value is -1.86. The molecule has 2 aliphatic rings. The summed E-state index contributed by atoms with van der Waals surface area (Å²) >= 11 is 0. The SMILES string of the molecule is CCCCOC(=O)N1CC2Cc3nc(C(F)(F)F)ncc3C2C1. The second-order valence-corrected chi connectivity index (χ2v) is 6.04. The van der Waals surface area contributed by atoms with Crippen molar-refractivity contribution in [3.63, 3.8) is 0 Å². The van der Waals surface area contributed by atoms with Crippen LogP contribution in [0.3, 0.4) is 0 Å². The molecule has 126 valence electrons. The Labute approximate surface area is 131 Å². The number of aromatic nitrogens is 2.